The fourth-order valence-electron chi connectivity index (χ4n) is 2.72. The number of nitrogens with zero attached hydrogens (tertiary/aromatic N) is 1. The minimum absolute atomic E-state index is 0.270. The normalized spacial score (nSPS) is 10.6. The number of hydrogen-bond donors (Lipinski definition) is 2. The first-order valence-electron chi connectivity index (χ1n) is 9.58. The summed E-state index contributed by atoms with van der Waals surface area (Å²) in [6.07, 6.45) is 1.88. The van der Waals surface area contributed by atoms with Gasteiger partial charge in [0.1, 0.15) is 0 Å². The predicted octanol–water partition coefficient (Wildman–Crippen LogP) is 4.51. The van der Waals surface area contributed by atoms with E-state index in [4.69, 9.17) is 21.1 Å². The van der Waals surface area contributed by atoms with Crippen LogP contribution >= 0.6 is 11.6 Å². The summed E-state index contributed by atoms with van der Waals surface area (Å²) in [5.74, 6) is 0.0922. The van der Waals surface area contributed by atoms with E-state index in [0.29, 0.717) is 46.5 Å². The van der Waals surface area contributed by atoms with Crippen molar-refractivity contribution in [3.05, 3.63) is 57.5 Å². The molecule has 0 aliphatic rings. The highest BCUT2D eigenvalue weighted by Gasteiger charge is 2.17. The highest BCUT2D eigenvalue weighted by atomic mass is 35.5. The van der Waals surface area contributed by atoms with Gasteiger partial charge in [0.05, 0.1) is 18.2 Å². The van der Waals surface area contributed by atoms with Crippen molar-refractivity contribution in [1.82, 2.24) is 10.1 Å². The quantitative estimate of drug-likeness (QED) is 0.482. The first-order chi connectivity index (χ1) is 14.5. The maximum Gasteiger partial charge on any atom is 0.439 e. The number of aromatic nitrogens is 2. The number of nitrogens with one attached hydrogen (secondary N) is 2. The van der Waals surface area contributed by atoms with Crippen LogP contribution in [0, 0.1) is 0 Å². The van der Waals surface area contributed by atoms with E-state index >= 15 is 0 Å². The van der Waals surface area contributed by atoms with Gasteiger partial charge >= 0.3 is 5.76 Å². The molecule has 30 heavy (non-hydrogen) atoms. The van der Waals surface area contributed by atoms with Crippen molar-refractivity contribution in [2.45, 2.75) is 26.7 Å². The van der Waals surface area contributed by atoms with Crippen LogP contribution in [0.1, 0.15) is 37.0 Å². The Balaban J connectivity index is 1.82. The van der Waals surface area contributed by atoms with Gasteiger partial charge in [-0.05, 0) is 37.6 Å². The molecule has 0 saturated heterocycles. The van der Waals surface area contributed by atoms with Gasteiger partial charge in [-0.2, -0.15) is 0 Å². The Labute approximate surface area is 178 Å². The number of H-pyrrole nitrogens is 1. The molecule has 3 rings (SSSR count). The predicted molar refractivity (Wildman–Crippen MR) is 114 cm³/mol. The molecule has 1 aromatic heterocycles. The van der Waals surface area contributed by atoms with E-state index in [-0.39, 0.29) is 11.7 Å². The number of rotatable bonds is 9. The maximum absolute atomic E-state index is 12.8. The molecule has 8 nitrogen and oxygen atoms in total. The van der Waals surface area contributed by atoms with Crippen molar-refractivity contribution in [2.24, 2.45) is 0 Å². The third kappa shape index (κ3) is 5.21. The average molecular weight is 432 g/mol. The van der Waals surface area contributed by atoms with Gasteiger partial charge in [0, 0.05) is 16.8 Å². The van der Waals surface area contributed by atoms with Crippen molar-refractivity contribution in [2.75, 3.05) is 18.5 Å². The Morgan fingerprint density at radius 3 is 2.77 bits per heavy atom. The summed E-state index contributed by atoms with van der Waals surface area (Å²) in [7, 11) is 0. The lowest BCUT2D eigenvalue weighted by Gasteiger charge is -2.15. The zero-order valence-electron chi connectivity index (χ0n) is 16.7. The molecule has 3 aromatic rings. The van der Waals surface area contributed by atoms with Crippen LogP contribution in [-0.2, 0) is 0 Å². The van der Waals surface area contributed by atoms with Crippen LogP contribution in [-0.4, -0.2) is 29.3 Å². The number of carbonyl (C=O) groups excluding carboxylic acids is 1. The van der Waals surface area contributed by atoms with Crippen LogP contribution in [0.25, 0.3) is 11.4 Å². The van der Waals surface area contributed by atoms with E-state index in [1.807, 2.05) is 6.92 Å². The lowest BCUT2D eigenvalue weighted by molar-refractivity contribution is 0.102. The van der Waals surface area contributed by atoms with E-state index in [9.17, 15) is 9.59 Å². The molecule has 0 spiro atoms. The maximum atomic E-state index is 12.8. The number of hydrogen-bond acceptors (Lipinski definition) is 6. The largest absolute Gasteiger partial charge is 0.490 e. The second-order valence-electron chi connectivity index (χ2n) is 6.40. The topological polar surface area (TPSA) is 106 Å². The number of amides is 1. The SMILES string of the molecule is CCCCOc1c(Cl)cc(C(=O)Nc2cccc(-c3noc(=O)[nH]3)c2)cc1OCC. The van der Waals surface area contributed by atoms with Crippen LogP contribution < -0.4 is 20.5 Å². The van der Waals surface area contributed by atoms with E-state index in [2.05, 4.69) is 26.9 Å². The van der Waals surface area contributed by atoms with Crippen LogP contribution in [0.3, 0.4) is 0 Å². The van der Waals surface area contributed by atoms with E-state index < -0.39 is 5.76 Å². The van der Waals surface area contributed by atoms with Crippen molar-refractivity contribution >= 4 is 23.2 Å². The fraction of sp³-hybridized carbons (Fsp3) is 0.286. The van der Waals surface area contributed by atoms with E-state index in [0.717, 1.165) is 12.8 Å². The van der Waals surface area contributed by atoms with Crippen LogP contribution in [0.2, 0.25) is 5.02 Å². The number of aromatic amines is 1. The first-order valence-corrected chi connectivity index (χ1v) is 9.96. The third-order valence-electron chi connectivity index (χ3n) is 4.15. The summed E-state index contributed by atoms with van der Waals surface area (Å²) in [4.78, 5) is 26.4. The molecule has 2 aromatic carbocycles. The number of ether oxygens (including phenoxy) is 2. The first kappa shape index (κ1) is 21.4. The summed E-state index contributed by atoms with van der Waals surface area (Å²) >= 11 is 6.37. The van der Waals surface area contributed by atoms with E-state index in [1.54, 1.807) is 36.4 Å². The minimum atomic E-state index is -0.654. The molecule has 0 bridgehead atoms. The van der Waals surface area contributed by atoms with Crippen molar-refractivity contribution in [1.29, 1.82) is 0 Å². The number of benzene rings is 2. The summed E-state index contributed by atoms with van der Waals surface area (Å²) in [5.41, 5.74) is 1.43. The molecule has 0 unspecified atom stereocenters. The lowest BCUT2D eigenvalue weighted by atomic mass is 10.1. The molecule has 1 amide bonds. The number of anilines is 1. The van der Waals surface area contributed by atoms with Crippen LogP contribution in [0.15, 0.2) is 45.7 Å². The molecular weight excluding hydrogens is 410 g/mol. The van der Waals surface area contributed by atoms with Gasteiger partial charge in [-0.15, -0.1) is 0 Å². The summed E-state index contributed by atoms with van der Waals surface area (Å²) < 4.78 is 15.9. The Kier molecular flexibility index (Phi) is 7.13. The van der Waals surface area contributed by atoms with Crippen LogP contribution in [0.5, 0.6) is 11.5 Å². The molecule has 1 heterocycles. The Hall–Kier alpha value is -3.26. The molecule has 158 valence electrons. The third-order valence-corrected chi connectivity index (χ3v) is 4.43. The second-order valence-corrected chi connectivity index (χ2v) is 6.81. The van der Waals surface area contributed by atoms with Gasteiger partial charge < -0.3 is 14.8 Å². The number of unbranched alkanes of at least 4 members (excludes halogenated alkanes) is 1. The van der Waals surface area contributed by atoms with Crippen molar-refractivity contribution in [3.63, 3.8) is 0 Å². The molecule has 2 N–H and O–H groups in total. The second kappa shape index (κ2) is 9.98. The summed E-state index contributed by atoms with van der Waals surface area (Å²) in [5, 5.41) is 6.75. The fourth-order valence-corrected chi connectivity index (χ4v) is 2.99. The van der Waals surface area contributed by atoms with Gasteiger partial charge in [-0.1, -0.05) is 42.2 Å². The highest BCUT2D eigenvalue weighted by Crippen LogP contribution is 2.37. The number of halogens is 1. The molecule has 0 saturated carbocycles. The molecule has 0 aliphatic carbocycles. The minimum Gasteiger partial charge on any atom is -0.490 e. The van der Waals surface area contributed by atoms with Gasteiger partial charge in [-0.25, -0.2) is 4.79 Å². The monoisotopic (exact) mass is 431 g/mol. The zero-order chi connectivity index (χ0) is 21.5. The van der Waals surface area contributed by atoms with Crippen molar-refractivity contribution in [3.8, 4) is 22.9 Å². The number of carbonyl (C=O) groups is 1. The Morgan fingerprint density at radius 2 is 2.07 bits per heavy atom. The molecule has 0 radical (unpaired) electrons. The smallest absolute Gasteiger partial charge is 0.439 e. The lowest BCUT2D eigenvalue weighted by Crippen LogP contribution is -2.13. The van der Waals surface area contributed by atoms with Crippen LogP contribution in [0.4, 0.5) is 5.69 Å². The summed E-state index contributed by atoms with van der Waals surface area (Å²) in [6, 6.07) is 9.98. The standard InChI is InChI=1S/C21H22ClN3O5/c1-3-5-9-29-18-16(22)11-14(12-17(18)28-4-2)20(26)23-15-8-6-7-13(10-15)19-24-21(27)30-25-19/h6-8,10-12H,3-5,9H2,1-2H3,(H,23,26)(H,24,25,27). The molecular formula is C21H22ClN3O5. The Bertz CT molecular complexity index is 1080. The highest BCUT2D eigenvalue weighted by molar-refractivity contribution is 6.32. The Morgan fingerprint density at radius 1 is 1.23 bits per heavy atom. The van der Waals surface area contributed by atoms with Gasteiger partial charge in [0.2, 0.25) is 0 Å². The molecule has 0 atom stereocenters. The van der Waals surface area contributed by atoms with Gasteiger partial charge in [0.25, 0.3) is 5.91 Å². The van der Waals surface area contributed by atoms with Crippen molar-refractivity contribution < 1.29 is 18.8 Å². The molecule has 9 heteroatoms. The molecule has 0 aliphatic heterocycles. The average Bonchev–Trinajstić information content (AvgIpc) is 3.16. The van der Waals surface area contributed by atoms with Gasteiger partial charge in [0.15, 0.2) is 17.3 Å². The van der Waals surface area contributed by atoms with E-state index in [1.165, 1.54) is 0 Å². The molecule has 0 fully saturated rings. The summed E-state index contributed by atoms with van der Waals surface area (Å²) in [6.45, 7) is 4.83. The zero-order valence-corrected chi connectivity index (χ0v) is 17.4. The van der Waals surface area contributed by atoms with Gasteiger partial charge in [-0.3, -0.25) is 14.3 Å².